The Morgan fingerprint density at radius 2 is 1.86 bits per heavy atom. The topological polar surface area (TPSA) is 81.8 Å². The first-order chi connectivity index (χ1) is 13.2. The highest BCUT2D eigenvalue weighted by molar-refractivity contribution is 6.07. The van der Waals surface area contributed by atoms with Crippen LogP contribution in [0.4, 0.5) is 4.79 Å². The first-order valence-electron chi connectivity index (χ1n) is 9.32. The summed E-state index contributed by atoms with van der Waals surface area (Å²) in [6.07, 6.45) is 0. The molecule has 2 N–H and O–H groups in total. The fraction of sp³-hybridized carbons (Fsp3) is 0.381. The standard InChI is InChI=1S/C21H26N4O3/c1-14(2)22-18(26)12-24(4)13-25-19(27)21(3,23-20(25)28)17-10-9-15-7-5-6-8-16(15)11-17/h5-11,14H,12-13H2,1-4H3,(H,22,26)(H,23,28)/t21-/m0/s1. The van der Waals surface area contributed by atoms with Crippen molar-refractivity contribution >= 4 is 28.6 Å². The van der Waals surface area contributed by atoms with Gasteiger partial charge in [-0.15, -0.1) is 0 Å². The Hall–Kier alpha value is -2.93. The Kier molecular flexibility index (Phi) is 5.38. The van der Waals surface area contributed by atoms with E-state index in [4.69, 9.17) is 0 Å². The summed E-state index contributed by atoms with van der Waals surface area (Å²) in [6.45, 7) is 5.61. The van der Waals surface area contributed by atoms with Crippen molar-refractivity contribution in [2.75, 3.05) is 20.3 Å². The molecule has 1 fully saturated rings. The molecule has 0 saturated carbocycles. The number of rotatable bonds is 6. The van der Waals surface area contributed by atoms with Gasteiger partial charge in [-0.25, -0.2) is 9.69 Å². The van der Waals surface area contributed by atoms with Gasteiger partial charge in [0.2, 0.25) is 5.91 Å². The second-order valence-electron chi connectivity index (χ2n) is 7.73. The lowest BCUT2D eigenvalue weighted by molar-refractivity contribution is -0.133. The van der Waals surface area contributed by atoms with E-state index in [1.807, 2.05) is 56.3 Å². The highest BCUT2D eigenvalue weighted by Gasteiger charge is 2.49. The zero-order chi connectivity index (χ0) is 20.5. The van der Waals surface area contributed by atoms with Crippen LogP contribution in [0, 0.1) is 0 Å². The van der Waals surface area contributed by atoms with Crippen LogP contribution in [0.3, 0.4) is 0 Å². The normalized spacial score (nSPS) is 19.6. The van der Waals surface area contributed by atoms with Crippen molar-refractivity contribution in [2.24, 2.45) is 0 Å². The SMILES string of the molecule is CC(C)NC(=O)CN(C)CN1C(=O)N[C@@](C)(c2ccc3ccccc3c2)C1=O. The maximum Gasteiger partial charge on any atom is 0.326 e. The first-order valence-corrected chi connectivity index (χ1v) is 9.32. The van der Waals surface area contributed by atoms with Gasteiger partial charge in [0.05, 0.1) is 13.2 Å². The third-order valence-electron chi connectivity index (χ3n) is 4.85. The molecular weight excluding hydrogens is 356 g/mol. The summed E-state index contributed by atoms with van der Waals surface area (Å²) in [5.74, 6) is -0.481. The predicted molar refractivity (Wildman–Crippen MR) is 107 cm³/mol. The molecular formula is C21H26N4O3. The average molecular weight is 382 g/mol. The number of hydrogen-bond acceptors (Lipinski definition) is 4. The second kappa shape index (κ2) is 7.59. The van der Waals surface area contributed by atoms with Crippen LogP contribution in [0.2, 0.25) is 0 Å². The molecule has 0 aromatic heterocycles. The molecule has 4 amide bonds. The lowest BCUT2D eigenvalue weighted by Crippen LogP contribution is -2.46. The predicted octanol–water partition coefficient (Wildman–Crippen LogP) is 2.02. The lowest BCUT2D eigenvalue weighted by Gasteiger charge is -2.25. The van der Waals surface area contributed by atoms with Crippen LogP contribution in [0.5, 0.6) is 0 Å². The molecule has 0 unspecified atom stereocenters. The Morgan fingerprint density at radius 1 is 1.18 bits per heavy atom. The minimum absolute atomic E-state index is 0.0359. The molecule has 0 bridgehead atoms. The molecule has 0 aliphatic carbocycles. The van der Waals surface area contributed by atoms with Crippen molar-refractivity contribution in [3.8, 4) is 0 Å². The molecule has 1 aliphatic heterocycles. The summed E-state index contributed by atoms with van der Waals surface area (Å²) in [4.78, 5) is 40.3. The van der Waals surface area contributed by atoms with Gasteiger partial charge in [0.25, 0.3) is 5.91 Å². The van der Waals surface area contributed by atoms with Crippen molar-refractivity contribution in [2.45, 2.75) is 32.4 Å². The number of hydrogen-bond donors (Lipinski definition) is 2. The number of imide groups is 1. The van der Waals surface area contributed by atoms with Gasteiger partial charge in [0, 0.05) is 6.04 Å². The largest absolute Gasteiger partial charge is 0.353 e. The van der Waals surface area contributed by atoms with Crippen LogP contribution < -0.4 is 10.6 Å². The fourth-order valence-corrected chi connectivity index (χ4v) is 3.43. The maximum absolute atomic E-state index is 13.1. The minimum Gasteiger partial charge on any atom is -0.353 e. The van der Waals surface area contributed by atoms with Crippen LogP contribution in [0.25, 0.3) is 10.8 Å². The molecule has 2 aromatic rings. The third-order valence-corrected chi connectivity index (χ3v) is 4.85. The van der Waals surface area contributed by atoms with Crippen molar-refractivity contribution in [1.29, 1.82) is 0 Å². The van der Waals surface area contributed by atoms with Crippen molar-refractivity contribution in [3.63, 3.8) is 0 Å². The van der Waals surface area contributed by atoms with E-state index in [1.54, 1.807) is 18.9 Å². The van der Waals surface area contributed by atoms with Gasteiger partial charge < -0.3 is 10.6 Å². The van der Waals surface area contributed by atoms with E-state index in [0.29, 0.717) is 0 Å². The summed E-state index contributed by atoms with van der Waals surface area (Å²) in [6, 6.07) is 13.2. The Balaban J connectivity index is 1.77. The first kappa shape index (κ1) is 19.8. The highest BCUT2D eigenvalue weighted by atomic mass is 16.2. The summed E-state index contributed by atoms with van der Waals surface area (Å²) in [7, 11) is 1.70. The molecule has 2 aromatic carbocycles. The quantitative estimate of drug-likeness (QED) is 0.749. The van der Waals surface area contributed by atoms with Crippen molar-refractivity contribution in [3.05, 3.63) is 48.0 Å². The maximum atomic E-state index is 13.1. The van der Waals surface area contributed by atoms with Gasteiger partial charge in [0.15, 0.2) is 0 Å². The summed E-state index contributed by atoms with van der Waals surface area (Å²) >= 11 is 0. The number of amides is 4. The van der Waals surface area contributed by atoms with Crippen LogP contribution in [-0.2, 0) is 15.1 Å². The zero-order valence-corrected chi connectivity index (χ0v) is 16.7. The number of likely N-dealkylation sites (N-methyl/N-ethyl adjacent to an activating group) is 1. The van der Waals surface area contributed by atoms with Crippen LogP contribution in [-0.4, -0.2) is 53.9 Å². The fourth-order valence-electron chi connectivity index (χ4n) is 3.43. The van der Waals surface area contributed by atoms with E-state index in [1.165, 1.54) is 0 Å². The third kappa shape index (κ3) is 3.84. The molecule has 1 saturated heterocycles. The Morgan fingerprint density at radius 3 is 2.54 bits per heavy atom. The minimum atomic E-state index is -1.14. The number of fused-ring (bicyclic) bond motifs is 1. The van der Waals surface area contributed by atoms with Gasteiger partial charge >= 0.3 is 6.03 Å². The van der Waals surface area contributed by atoms with Crippen LogP contribution >= 0.6 is 0 Å². The average Bonchev–Trinajstić information content (AvgIpc) is 2.84. The molecule has 0 radical (unpaired) electrons. The van der Waals surface area contributed by atoms with E-state index in [2.05, 4.69) is 10.6 Å². The molecule has 0 spiro atoms. The Bertz CT molecular complexity index is 927. The highest BCUT2D eigenvalue weighted by Crippen LogP contribution is 2.31. The van der Waals surface area contributed by atoms with Gasteiger partial charge in [-0.05, 0) is 50.2 Å². The molecule has 3 rings (SSSR count). The van der Waals surface area contributed by atoms with Crippen molar-refractivity contribution < 1.29 is 14.4 Å². The monoisotopic (exact) mass is 382 g/mol. The number of nitrogens with zero attached hydrogens (tertiary/aromatic N) is 2. The number of urea groups is 1. The van der Waals surface area contributed by atoms with E-state index in [9.17, 15) is 14.4 Å². The number of nitrogens with one attached hydrogen (secondary N) is 2. The lowest BCUT2D eigenvalue weighted by atomic mass is 9.90. The molecule has 7 heteroatoms. The van der Waals surface area contributed by atoms with Crippen LogP contribution in [0.1, 0.15) is 26.3 Å². The van der Waals surface area contributed by atoms with Gasteiger partial charge in [-0.1, -0.05) is 36.4 Å². The number of carbonyl (C=O) groups excluding carboxylic acids is 3. The van der Waals surface area contributed by atoms with Gasteiger partial charge in [-0.2, -0.15) is 0 Å². The number of carbonyl (C=O) groups is 3. The van der Waals surface area contributed by atoms with Gasteiger partial charge in [0.1, 0.15) is 5.54 Å². The summed E-state index contributed by atoms with van der Waals surface area (Å²) < 4.78 is 0. The number of benzene rings is 2. The van der Waals surface area contributed by atoms with E-state index in [-0.39, 0.29) is 31.1 Å². The molecule has 1 atom stereocenters. The summed E-state index contributed by atoms with van der Waals surface area (Å²) in [5, 5.41) is 7.68. The second-order valence-corrected chi connectivity index (χ2v) is 7.73. The van der Waals surface area contributed by atoms with Crippen molar-refractivity contribution in [1.82, 2.24) is 20.4 Å². The van der Waals surface area contributed by atoms with E-state index >= 15 is 0 Å². The molecule has 1 aliphatic rings. The molecule has 7 nitrogen and oxygen atoms in total. The molecule has 28 heavy (non-hydrogen) atoms. The molecule has 1 heterocycles. The molecule has 148 valence electrons. The Labute approximate surface area is 164 Å². The zero-order valence-electron chi connectivity index (χ0n) is 16.7. The van der Waals surface area contributed by atoms with E-state index in [0.717, 1.165) is 21.2 Å². The van der Waals surface area contributed by atoms with Gasteiger partial charge in [-0.3, -0.25) is 14.5 Å². The smallest absolute Gasteiger partial charge is 0.326 e. The van der Waals surface area contributed by atoms with Crippen LogP contribution in [0.15, 0.2) is 42.5 Å². The van der Waals surface area contributed by atoms with E-state index < -0.39 is 11.6 Å². The summed E-state index contributed by atoms with van der Waals surface area (Å²) in [5.41, 5.74) is -0.408.